The second kappa shape index (κ2) is 8.57. The Hall–Kier alpha value is -2.66. The van der Waals surface area contributed by atoms with Gasteiger partial charge in [0.15, 0.2) is 0 Å². The molecule has 1 aromatic heterocycles. The van der Waals surface area contributed by atoms with E-state index in [9.17, 15) is 4.79 Å². The van der Waals surface area contributed by atoms with Crippen LogP contribution in [0, 0.1) is 5.41 Å². The van der Waals surface area contributed by atoms with E-state index in [1.165, 1.54) is 5.56 Å². The second-order valence-electron chi connectivity index (χ2n) is 7.79. The number of nitrogens with zero attached hydrogens (tertiary/aromatic N) is 2. The highest BCUT2D eigenvalue weighted by molar-refractivity contribution is 7.09. The van der Waals surface area contributed by atoms with Gasteiger partial charge >= 0.3 is 0 Å². The molecule has 0 aliphatic carbocycles. The number of thiazole rings is 1. The molecule has 0 fully saturated rings. The van der Waals surface area contributed by atoms with Crippen LogP contribution < -0.4 is 9.64 Å². The van der Waals surface area contributed by atoms with Gasteiger partial charge in [0.25, 0.3) is 0 Å². The van der Waals surface area contributed by atoms with Gasteiger partial charge in [0.2, 0.25) is 5.91 Å². The van der Waals surface area contributed by atoms with Crippen LogP contribution in [0.2, 0.25) is 0 Å². The van der Waals surface area contributed by atoms with Crippen molar-refractivity contribution in [2.45, 2.75) is 33.8 Å². The smallest absolute Gasteiger partial charge is 0.232 e. The van der Waals surface area contributed by atoms with Gasteiger partial charge in [-0.25, -0.2) is 4.98 Å². The average Bonchev–Trinajstić information content (AvgIpc) is 3.13. The molecule has 28 heavy (non-hydrogen) atoms. The molecule has 0 bridgehead atoms. The van der Waals surface area contributed by atoms with Gasteiger partial charge < -0.3 is 9.64 Å². The summed E-state index contributed by atoms with van der Waals surface area (Å²) in [4.78, 5) is 18.7. The van der Waals surface area contributed by atoms with Gasteiger partial charge in [-0.1, -0.05) is 51.1 Å². The van der Waals surface area contributed by atoms with Crippen LogP contribution in [0.4, 0.5) is 5.69 Å². The molecule has 4 nitrogen and oxygen atoms in total. The summed E-state index contributed by atoms with van der Waals surface area (Å²) in [6, 6.07) is 17.9. The summed E-state index contributed by atoms with van der Waals surface area (Å²) >= 11 is 1.66. The maximum atomic E-state index is 12.4. The Morgan fingerprint density at radius 2 is 1.75 bits per heavy atom. The minimum atomic E-state index is -0.411. The first-order valence-electron chi connectivity index (χ1n) is 9.31. The summed E-state index contributed by atoms with van der Waals surface area (Å²) in [5.41, 5.74) is 2.63. The number of carbonyl (C=O) groups is 1. The Bertz CT molecular complexity index is 912. The number of aromatic nitrogens is 1. The number of hydrogen-bond donors (Lipinski definition) is 0. The topological polar surface area (TPSA) is 42.4 Å². The van der Waals surface area contributed by atoms with Crippen LogP contribution in [0.25, 0.3) is 0 Å². The highest BCUT2D eigenvalue weighted by atomic mass is 32.1. The average molecular weight is 395 g/mol. The zero-order chi connectivity index (χ0) is 20.1. The Kier molecular flexibility index (Phi) is 6.15. The summed E-state index contributed by atoms with van der Waals surface area (Å²) in [7, 11) is 1.80. The van der Waals surface area contributed by atoms with Crippen molar-refractivity contribution in [3.8, 4) is 5.75 Å². The maximum Gasteiger partial charge on any atom is 0.232 e. The van der Waals surface area contributed by atoms with Crippen LogP contribution in [0.1, 0.15) is 37.0 Å². The highest BCUT2D eigenvalue weighted by Crippen LogP contribution is 2.24. The first kappa shape index (κ1) is 20.1. The summed E-state index contributed by atoms with van der Waals surface area (Å²) in [5, 5.41) is 3.13. The fourth-order valence-electron chi connectivity index (χ4n) is 2.81. The molecule has 2 aromatic carbocycles. The number of amides is 1. The number of carbonyl (C=O) groups excluding carboxylic acids is 1. The van der Waals surface area contributed by atoms with Crippen molar-refractivity contribution in [1.29, 1.82) is 0 Å². The zero-order valence-corrected chi connectivity index (χ0v) is 17.6. The predicted octanol–water partition coefficient (Wildman–Crippen LogP) is 5.32. The minimum absolute atomic E-state index is 0.0783. The highest BCUT2D eigenvalue weighted by Gasteiger charge is 2.25. The van der Waals surface area contributed by atoms with E-state index in [0.717, 1.165) is 28.6 Å². The van der Waals surface area contributed by atoms with Crippen LogP contribution >= 0.6 is 11.3 Å². The van der Waals surface area contributed by atoms with Crippen LogP contribution in [-0.4, -0.2) is 17.9 Å². The summed E-state index contributed by atoms with van der Waals surface area (Å²) < 4.78 is 5.86. The standard InChI is InChI=1S/C23H26N2O2S/c1-23(2,3)22(26)25(4)19-10-12-20(13-11-19)27-15-18-16-28-21(24-18)14-17-8-6-5-7-9-17/h5-13,16H,14-15H2,1-4H3. The van der Waals surface area contributed by atoms with Gasteiger partial charge in [-0.05, 0) is 29.8 Å². The Balaban J connectivity index is 1.56. The van der Waals surface area contributed by atoms with Crippen molar-refractivity contribution in [3.05, 3.63) is 76.2 Å². The van der Waals surface area contributed by atoms with Crippen molar-refractivity contribution in [2.24, 2.45) is 5.41 Å². The van der Waals surface area contributed by atoms with Gasteiger partial charge in [-0.2, -0.15) is 0 Å². The second-order valence-corrected chi connectivity index (χ2v) is 8.73. The third kappa shape index (κ3) is 5.20. The lowest BCUT2D eigenvalue weighted by molar-refractivity contribution is -0.125. The van der Waals surface area contributed by atoms with Crippen molar-refractivity contribution in [3.63, 3.8) is 0 Å². The Morgan fingerprint density at radius 3 is 2.39 bits per heavy atom. The summed E-state index contributed by atoms with van der Waals surface area (Å²) in [6.45, 7) is 6.19. The van der Waals surface area contributed by atoms with Gasteiger partial charge in [-0.3, -0.25) is 4.79 Å². The van der Waals surface area contributed by atoms with Gasteiger partial charge in [0, 0.05) is 30.0 Å². The molecular weight excluding hydrogens is 368 g/mol. The van der Waals surface area contributed by atoms with Gasteiger partial charge in [-0.15, -0.1) is 11.3 Å². The Labute approximate surface area is 170 Å². The van der Waals surface area contributed by atoms with Gasteiger partial charge in [0.1, 0.15) is 12.4 Å². The maximum absolute atomic E-state index is 12.4. The van der Waals surface area contributed by atoms with E-state index in [1.807, 2.05) is 68.6 Å². The third-order valence-electron chi connectivity index (χ3n) is 4.35. The molecule has 0 aliphatic rings. The van der Waals surface area contributed by atoms with E-state index in [4.69, 9.17) is 4.74 Å². The number of ether oxygens (including phenoxy) is 1. The lowest BCUT2D eigenvalue weighted by Gasteiger charge is -2.26. The molecule has 3 rings (SSSR count). The number of rotatable bonds is 6. The SMILES string of the molecule is CN(C(=O)C(C)(C)C)c1ccc(OCc2csc(Cc3ccccc3)n2)cc1. The van der Waals surface area contributed by atoms with Crippen LogP contribution in [-0.2, 0) is 17.8 Å². The summed E-state index contributed by atoms with van der Waals surface area (Å²) in [6.07, 6.45) is 0.842. The molecule has 146 valence electrons. The lowest BCUT2D eigenvalue weighted by atomic mass is 9.95. The number of anilines is 1. The first-order valence-corrected chi connectivity index (χ1v) is 10.2. The minimum Gasteiger partial charge on any atom is -0.487 e. The van der Waals surface area contributed by atoms with Crippen LogP contribution in [0.15, 0.2) is 60.0 Å². The van der Waals surface area contributed by atoms with E-state index in [0.29, 0.717) is 6.61 Å². The molecule has 0 N–H and O–H groups in total. The lowest BCUT2D eigenvalue weighted by Crippen LogP contribution is -2.36. The molecular formula is C23H26N2O2S. The normalized spacial score (nSPS) is 11.3. The van der Waals surface area contributed by atoms with E-state index in [1.54, 1.807) is 23.3 Å². The zero-order valence-electron chi connectivity index (χ0n) is 16.8. The predicted molar refractivity (Wildman–Crippen MR) is 115 cm³/mol. The molecule has 0 saturated heterocycles. The molecule has 0 aliphatic heterocycles. The molecule has 0 atom stereocenters. The van der Waals surface area contributed by atoms with Gasteiger partial charge in [0.05, 0.1) is 10.7 Å². The van der Waals surface area contributed by atoms with Crippen LogP contribution in [0.5, 0.6) is 5.75 Å². The molecule has 1 amide bonds. The molecule has 0 radical (unpaired) electrons. The van der Waals surface area contributed by atoms with Crippen LogP contribution in [0.3, 0.4) is 0 Å². The van der Waals surface area contributed by atoms with Crippen molar-refractivity contribution in [1.82, 2.24) is 4.98 Å². The molecule has 1 heterocycles. The van der Waals surface area contributed by atoms with E-state index >= 15 is 0 Å². The van der Waals surface area contributed by atoms with Crippen molar-refractivity contribution in [2.75, 3.05) is 11.9 Å². The monoisotopic (exact) mass is 394 g/mol. The first-order chi connectivity index (χ1) is 13.3. The van der Waals surface area contributed by atoms with Crippen molar-refractivity contribution >= 4 is 22.9 Å². The largest absolute Gasteiger partial charge is 0.487 e. The molecule has 0 unspecified atom stereocenters. The molecule has 3 aromatic rings. The van der Waals surface area contributed by atoms with E-state index < -0.39 is 5.41 Å². The van der Waals surface area contributed by atoms with E-state index in [2.05, 4.69) is 17.1 Å². The molecule has 5 heteroatoms. The quantitative estimate of drug-likeness (QED) is 0.568. The number of hydrogen-bond acceptors (Lipinski definition) is 4. The van der Waals surface area contributed by atoms with E-state index in [-0.39, 0.29) is 5.91 Å². The molecule has 0 spiro atoms. The van der Waals surface area contributed by atoms with Crippen molar-refractivity contribution < 1.29 is 9.53 Å². The Morgan fingerprint density at radius 1 is 1.07 bits per heavy atom. The third-order valence-corrected chi connectivity index (χ3v) is 5.25. The number of benzene rings is 2. The molecule has 0 saturated carbocycles. The fraction of sp³-hybridized carbons (Fsp3) is 0.304. The summed E-state index contributed by atoms with van der Waals surface area (Å²) in [5.74, 6) is 0.840. The fourth-order valence-corrected chi connectivity index (χ4v) is 3.62.